The summed E-state index contributed by atoms with van der Waals surface area (Å²) in [4.78, 5) is 6.01. The Morgan fingerprint density at radius 3 is 2.62 bits per heavy atom. The fourth-order valence-electron chi connectivity index (χ4n) is 2.55. The SMILES string of the molecule is CC(C)Cc1sc(Cl)nc1C1CCCCC1. The molecule has 90 valence electrons. The highest BCUT2D eigenvalue weighted by Crippen LogP contribution is 2.37. The minimum absolute atomic E-state index is 0.686. The first kappa shape index (κ1) is 12.4. The molecule has 1 saturated carbocycles. The Bertz CT molecular complexity index is 340. The summed E-state index contributed by atoms with van der Waals surface area (Å²) in [5, 5.41) is 0. The average molecular weight is 258 g/mol. The summed E-state index contributed by atoms with van der Waals surface area (Å²) in [6.45, 7) is 4.52. The van der Waals surface area contributed by atoms with Crippen LogP contribution >= 0.6 is 22.9 Å². The minimum Gasteiger partial charge on any atom is -0.229 e. The summed E-state index contributed by atoms with van der Waals surface area (Å²) >= 11 is 7.77. The van der Waals surface area contributed by atoms with E-state index in [4.69, 9.17) is 11.6 Å². The van der Waals surface area contributed by atoms with Crippen molar-refractivity contribution in [1.29, 1.82) is 0 Å². The van der Waals surface area contributed by atoms with Gasteiger partial charge in [-0.15, -0.1) is 11.3 Å². The molecule has 16 heavy (non-hydrogen) atoms. The van der Waals surface area contributed by atoms with Crippen LogP contribution in [-0.4, -0.2) is 4.98 Å². The molecule has 1 fully saturated rings. The number of rotatable bonds is 3. The van der Waals surface area contributed by atoms with Crippen molar-refractivity contribution in [2.45, 2.75) is 58.3 Å². The first-order chi connectivity index (χ1) is 7.66. The zero-order chi connectivity index (χ0) is 11.5. The number of nitrogens with zero attached hydrogens (tertiary/aromatic N) is 1. The molecule has 0 aromatic carbocycles. The molecule has 1 aliphatic carbocycles. The summed E-state index contributed by atoms with van der Waals surface area (Å²) < 4.78 is 0.733. The molecule has 0 atom stereocenters. The van der Waals surface area contributed by atoms with E-state index >= 15 is 0 Å². The van der Waals surface area contributed by atoms with Crippen molar-refractivity contribution in [2.75, 3.05) is 0 Å². The van der Waals surface area contributed by atoms with Gasteiger partial charge in [0.1, 0.15) is 0 Å². The summed E-state index contributed by atoms with van der Waals surface area (Å²) in [6, 6.07) is 0. The van der Waals surface area contributed by atoms with E-state index in [2.05, 4.69) is 18.8 Å². The Kier molecular flexibility index (Phi) is 4.26. The molecule has 0 N–H and O–H groups in total. The van der Waals surface area contributed by atoms with Crippen LogP contribution in [0.2, 0.25) is 4.47 Å². The molecule has 1 aromatic heterocycles. The maximum Gasteiger partial charge on any atom is 0.184 e. The molecule has 0 aliphatic heterocycles. The van der Waals surface area contributed by atoms with E-state index < -0.39 is 0 Å². The fraction of sp³-hybridized carbons (Fsp3) is 0.769. The van der Waals surface area contributed by atoms with Gasteiger partial charge >= 0.3 is 0 Å². The van der Waals surface area contributed by atoms with Crippen molar-refractivity contribution < 1.29 is 0 Å². The molecule has 1 nitrogen and oxygen atoms in total. The average Bonchev–Trinajstić information content (AvgIpc) is 2.60. The molecule has 0 bridgehead atoms. The molecule has 0 radical (unpaired) electrons. The maximum absolute atomic E-state index is 6.08. The number of aromatic nitrogens is 1. The molecular weight excluding hydrogens is 238 g/mol. The molecule has 1 heterocycles. The van der Waals surface area contributed by atoms with Crippen molar-refractivity contribution in [2.24, 2.45) is 5.92 Å². The van der Waals surface area contributed by atoms with Crippen molar-refractivity contribution in [3.8, 4) is 0 Å². The molecule has 0 saturated heterocycles. The van der Waals surface area contributed by atoms with Crippen LogP contribution < -0.4 is 0 Å². The highest BCUT2D eigenvalue weighted by atomic mass is 35.5. The number of halogens is 1. The van der Waals surface area contributed by atoms with Crippen LogP contribution in [0, 0.1) is 5.92 Å². The number of hydrogen-bond acceptors (Lipinski definition) is 2. The third-order valence-electron chi connectivity index (χ3n) is 3.29. The van der Waals surface area contributed by atoms with Gasteiger partial charge in [0.05, 0.1) is 5.69 Å². The lowest BCUT2D eigenvalue weighted by Crippen LogP contribution is -2.08. The van der Waals surface area contributed by atoms with Gasteiger partial charge in [0.25, 0.3) is 0 Å². The third kappa shape index (κ3) is 2.98. The van der Waals surface area contributed by atoms with Crippen LogP contribution in [0.3, 0.4) is 0 Å². The van der Waals surface area contributed by atoms with E-state index in [0.717, 1.165) is 10.9 Å². The normalized spacial score (nSPS) is 18.2. The summed E-state index contributed by atoms with van der Waals surface area (Å²) in [6.07, 6.45) is 7.88. The monoisotopic (exact) mass is 257 g/mol. The first-order valence-corrected chi connectivity index (χ1v) is 7.51. The third-order valence-corrected chi connectivity index (χ3v) is 4.48. The summed E-state index contributed by atoms with van der Waals surface area (Å²) in [5.41, 5.74) is 1.32. The van der Waals surface area contributed by atoms with Crippen LogP contribution in [0.4, 0.5) is 0 Å². The quantitative estimate of drug-likeness (QED) is 0.739. The zero-order valence-electron chi connectivity index (χ0n) is 10.1. The highest BCUT2D eigenvalue weighted by Gasteiger charge is 2.22. The molecule has 3 heteroatoms. The standard InChI is InChI=1S/C13H20ClNS/c1-9(2)8-11-12(15-13(14)16-11)10-6-4-3-5-7-10/h9-10H,3-8H2,1-2H3. The Balaban J connectivity index is 2.17. The fourth-order valence-corrected chi connectivity index (χ4v) is 4.00. The van der Waals surface area contributed by atoms with Crippen LogP contribution in [0.1, 0.15) is 62.4 Å². The van der Waals surface area contributed by atoms with Crippen molar-refractivity contribution in [3.63, 3.8) is 0 Å². The lowest BCUT2D eigenvalue weighted by atomic mass is 9.86. The smallest absolute Gasteiger partial charge is 0.184 e. The Labute approximate surface area is 107 Å². The van der Waals surface area contributed by atoms with Gasteiger partial charge in [-0.3, -0.25) is 0 Å². The van der Waals surface area contributed by atoms with Gasteiger partial charge in [0.2, 0.25) is 0 Å². The van der Waals surface area contributed by atoms with Gasteiger partial charge in [-0.25, -0.2) is 4.98 Å². The van der Waals surface area contributed by atoms with Gasteiger partial charge in [0.15, 0.2) is 4.47 Å². The highest BCUT2D eigenvalue weighted by molar-refractivity contribution is 7.15. The second-order valence-electron chi connectivity index (χ2n) is 5.21. The Hall–Kier alpha value is -0.0800. The number of thiazole rings is 1. The predicted molar refractivity (Wildman–Crippen MR) is 71.5 cm³/mol. The molecular formula is C13H20ClNS. The second-order valence-corrected chi connectivity index (χ2v) is 6.87. The van der Waals surface area contributed by atoms with E-state index in [-0.39, 0.29) is 0 Å². The van der Waals surface area contributed by atoms with Gasteiger partial charge in [-0.05, 0) is 25.2 Å². The molecule has 0 spiro atoms. The molecule has 1 aromatic rings. The molecule has 0 amide bonds. The molecule has 2 rings (SSSR count). The lowest BCUT2D eigenvalue weighted by Gasteiger charge is -2.21. The van der Waals surface area contributed by atoms with Crippen molar-refractivity contribution in [1.82, 2.24) is 4.98 Å². The van der Waals surface area contributed by atoms with Crippen molar-refractivity contribution in [3.05, 3.63) is 15.0 Å². The van der Waals surface area contributed by atoms with Gasteiger partial charge in [-0.2, -0.15) is 0 Å². The second kappa shape index (κ2) is 5.50. The van der Waals surface area contributed by atoms with E-state index in [1.807, 2.05) is 0 Å². The maximum atomic E-state index is 6.08. The van der Waals surface area contributed by atoms with Gasteiger partial charge < -0.3 is 0 Å². The Morgan fingerprint density at radius 1 is 1.31 bits per heavy atom. The van der Waals surface area contributed by atoms with Crippen LogP contribution in [0.5, 0.6) is 0 Å². The Morgan fingerprint density at radius 2 is 2.00 bits per heavy atom. The lowest BCUT2D eigenvalue weighted by molar-refractivity contribution is 0.434. The van der Waals surface area contributed by atoms with E-state index in [9.17, 15) is 0 Å². The van der Waals surface area contributed by atoms with Gasteiger partial charge in [-0.1, -0.05) is 44.7 Å². The predicted octanol–water partition coefficient (Wildman–Crippen LogP) is 5.04. The van der Waals surface area contributed by atoms with E-state index in [1.54, 1.807) is 11.3 Å². The van der Waals surface area contributed by atoms with Crippen LogP contribution in [0.15, 0.2) is 0 Å². The van der Waals surface area contributed by atoms with Crippen LogP contribution in [-0.2, 0) is 6.42 Å². The van der Waals surface area contributed by atoms with E-state index in [0.29, 0.717) is 11.8 Å². The van der Waals surface area contributed by atoms with E-state index in [1.165, 1.54) is 42.7 Å². The molecule has 1 aliphatic rings. The summed E-state index contributed by atoms with van der Waals surface area (Å²) in [7, 11) is 0. The minimum atomic E-state index is 0.686. The topological polar surface area (TPSA) is 12.9 Å². The van der Waals surface area contributed by atoms with Gasteiger partial charge in [0, 0.05) is 10.8 Å². The number of hydrogen-bond donors (Lipinski definition) is 0. The zero-order valence-corrected chi connectivity index (χ0v) is 11.7. The van der Waals surface area contributed by atoms with Crippen LogP contribution in [0.25, 0.3) is 0 Å². The molecule has 0 unspecified atom stereocenters. The largest absolute Gasteiger partial charge is 0.229 e. The summed E-state index contributed by atoms with van der Waals surface area (Å²) in [5.74, 6) is 1.38. The van der Waals surface area contributed by atoms with Crippen molar-refractivity contribution >= 4 is 22.9 Å². The first-order valence-electron chi connectivity index (χ1n) is 6.32.